The van der Waals surface area contributed by atoms with E-state index >= 15 is 0 Å². The smallest absolute Gasteiger partial charge is 0.312 e. The fourth-order valence-corrected chi connectivity index (χ4v) is 4.13. The zero-order valence-corrected chi connectivity index (χ0v) is 19.2. The lowest BCUT2D eigenvalue weighted by Crippen LogP contribution is -2.54. The highest BCUT2D eigenvalue weighted by Gasteiger charge is 2.35. The molecule has 0 atom stereocenters. The van der Waals surface area contributed by atoms with E-state index in [2.05, 4.69) is 21.2 Å². The van der Waals surface area contributed by atoms with Crippen LogP contribution >= 0.6 is 50.7 Å². The molecular formula is C18H11BrIN3O5S. The van der Waals surface area contributed by atoms with Crippen LogP contribution in [0.1, 0.15) is 11.1 Å². The average Bonchev–Trinajstić information content (AvgIpc) is 2.62. The van der Waals surface area contributed by atoms with Crippen LogP contribution in [-0.2, 0) is 9.59 Å². The molecule has 0 unspecified atom stereocenters. The molecule has 0 spiro atoms. The highest BCUT2D eigenvalue weighted by molar-refractivity contribution is 14.1. The van der Waals surface area contributed by atoms with Gasteiger partial charge in [0, 0.05) is 10.5 Å². The zero-order chi connectivity index (χ0) is 21.5. The first-order valence-electron chi connectivity index (χ1n) is 7.94. The molecule has 2 amide bonds. The molecule has 1 aliphatic rings. The van der Waals surface area contributed by atoms with E-state index in [1.54, 1.807) is 47.7 Å². The topological polar surface area (TPSA) is 113 Å². The minimum Gasteiger partial charge on any atom is -0.501 e. The molecule has 2 aromatic rings. The number of hydrogen-bond acceptors (Lipinski definition) is 6. The van der Waals surface area contributed by atoms with Crippen LogP contribution in [0.3, 0.4) is 0 Å². The Balaban J connectivity index is 2.10. The Kier molecular flexibility index (Phi) is 6.00. The molecule has 0 bridgehead atoms. The number of carbonyl (C=O) groups is 2. The van der Waals surface area contributed by atoms with E-state index in [0.29, 0.717) is 5.69 Å². The number of benzene rings is 2. The van der Waals surface area contributed by atoms with Crippen LogP contribution in [0.25, 0.3) is 6.08 Å². The molecule has 3 rings (SSSR count). The normalized spacial score (nSPS) is 15.6. The molecule has 2 N–H and O–H groups in total. The quantitative estimate of drug-likeness (QED) is 0.141. The molecule has 1 fully saturated rings. The summed E-state index contributed by atoms with van der Waals surface area (Å²) in [4.78, 5) is 37.1. The second-order valence-electron chi connectivity index (χ2n) is 6.02. The number of nitrogens with one attached hydrogen (secondary N) is 1. The first-order chi connectivity index (χ1) is 13.6. The summed E-state index contributed by atoms with van der Waals surface area (Å²) in [6, 6.07) is 7.75. The predicted octanol–water partition coefficient (Wildman–Crippen LogP) is 3.81. The number of phenolic OH excluding ortho intramolecular Hbond substituents is 1. The van der Waals surface area contributed by atoms with Gasteiger partial charge in [-0.05, 0) is 83.2 Å². The third-order valence-corrected chi connectivity index (χ3v) is 5.67. The van der Waals surface area contributed by atoms with Gasteiger partial charge in [-0.25, -0.2) is 0 Å². The molecule has 0 aromatic heterocycles. The summed E-state index contributed by atoms with van der Waals surface area (Å²) < 4.78 is 1.03. The maximum atomic E-state index is 13.1. The summed E-state index contributed by atoms with van der Waals surface area (Å²) in [7, 11) is 0. The second-order valence-corrected chi connectivity index (χ2v) is 8.48. The van der Waals surface area contributed by atoms with Crippen molar-refractivity contribution in [3.05, 3.63) is 65.2 Å². The average molecular weight is 588 g/mol. The van der Waals surface area contributed by atoms with Crippen LogP contribution < -0.4 is 10.2 Å². The molecule has 1 heterocycles. The number of phenols is 1. The van der Waals surface area contributed by atoms with E-state index in [0.717, 1.165) is 16.1 Å². The van der Waals surface area contributed by atoms with Crippen LogP contribution in [0.5, 0.6) is 5.75 Å². The van der Waals surface area contributed by atoms with Crippen molar-refractivity contribution in [3.63, 3.8) is 0 Å². The van der Waals surface area contributed by atoms with Gasteiger partial charge in [-0.2, -0.15) is 0 Å². The maximum absolute atomic E-state index is 13.1. The van der Waals surface area contributed by atoms with Crippen LogP contribution in [0.2, 0.25) is 0 Å². The summed E-state index contributed by atoms with van der Waals surface area (Å²) in [5, 5.41) is 23.4. The van der Waals surface area contributed by atoms with Crippen molar-refractivity contribution < 1.29 is 19.6 Å². The number of nitro groups is 1. The summed E-state index contributed by atoms with van der Waals surface area (Å²) in [5.41, 5.74) is 0.707. The Morgan fingerprint density at radius 3 is 2.62 bits per heavy atom. The summed E-state index contributed by atoms with van der Waals surface area (Å²) in [5.74, 6) is -1.85. The zero-order valence-electron chi connectivity index (χ0n) is 14.6. The first-order valence-corrected chi connectivity index (χ1v) is 10.2. The van der Waals surface area contributed by atoms with E-state index in [1.807, 2.05) is 0 Å². The Morgan fingerprint density at radius 1 is 1.31 bits per heavy atom. The van der Waals surface area contributed by atoms with E-state index in [-0.39, 0.29) is 19.8 Å². The van der Waals surface area contributed by atoms with Crippen molar-refractivity contribution in [1.82, 2.24) is 5.32 Å². The number of aryl methyl sites for hydroxylation is 1. The SMILES string of the molecule is Cc1cc(Br)ccc1N1C(=O)/C(=C/c2cc(I)c(O)c([N+](=O)[O-])c2)C(=O)NC1=S. The summed E-state index contributed by atoms with van der Waals surface area (Å²) in [6.07, 6.45) is 1.23. The van der Waals surface area contributed by atoms with Gasteiger partial charge < -0.3 is 5.11 Å². The van der Waals surface area contributed by atoms with Gasteiger partial charge in [0.1, 0.15) is 5.57 Å². The number of nitro benzene ring substituents is 1. The molecule has 0 aliphatic carbocycles. The highest BCUT2D eigenvalue weighted by Crippen LogP contribution is 2.34. The summed E-state index contributed by atoms with van der Waals surface area (Å²) >= 11 is 10.3. The number of rotatable bonds is 3. The van der Waals surface area contributed by atoms with Gasteiger partial charge in [0.25, 0.3) is 11.8 Å². The van der Waals surface area contributed by atoms with E-state index in [1.165, 1.54) is 17.0 Å². The van der Waals surface area contributed by atoms with E-state index < -0.39 is 28.2 Å². The molecule has 11 heteroatoms. The largest absolute Gasteiger partial charge is 0.501 e. The van der Waals surface area contributed by atoms with Gasteiger partial charge in [0.2, 0.25) is 5.75 Å². The molecule has 1 saturated heterocycles. The van der Waals surface area contributed by atoms with Gasteiger partial charge in [-0.3, -0.25) is 29.9 Å². The lowest BCUT2D eigenvalue weighted by Gasteiger charge is -2.30. The van der Waals surface area contributed by atoms with Crippen molar-refractivity contribution in [2.24, 2.45) is 0 Å². The van der Waals surface area contributed by atoms with Crippen LogP contribution in [-0.4, -0.2) is 27.0 Å². The van der Waals surface area contributed by atoms with Crippen molar-refractivity contribution in [3.8, 4) is 5.75 Å². The Labute approximate surface area is 192 Å². The third kappa shape index (κ3) is 4.16. The standard InChI is InChI=1S/C18H11BrIN3O5S/c1-8-4-10(19)2-3-13(8)22-17(26)11(16(25)21-18(22)29)5-9-6-12(20)15(24)14(7-9)23(27)28/h2-7,24H,1H3,(H,21,25,29)/b11-5+. The minimum atomic E-state index is -0.741. The number of halogens is 2. The van der Waals surface area contributed by atoms with Crippen molar-refractivity contribution in [2.75, 3.05) is 4.90 Å². The molecule has 2 aromatic carbocycles. The fourth-order valence-electron chi connectivity index (χ4n) is 2.74. The van der Waals surface area contributed by atoms with Crippen molar-refractivity contribution >= 4 is 85.1 Å². The number of amides is 2. The highest BCUT2D eigenvalue weighted by atomic mass is 127. The van der Waals surface area contributed by atoms with Gasteiger partial charge in [0.05, 0.1) is 14.2 Å². The fraction of sp³-hybridized carbons (Fsp3) is 0.0556. The van der Waals surface area contributed by atoms with Crippen LogP contribution in [0.4, 0.5) is 11.4 Å². The molecule has 8 nitrogen and oxygen atoms in total. The molecule has 0 radical (unpaired) electrons. The summed E-state index contributed by atoms with van der Waals surface area (Å²) in [6.45, 7) is 1.79. The van der Waals surface area contributed by atoms with Crippen LogP contribution in [0.15, 0.2) is 40.4 Å². The number of carbonyl (C=O) groups excluding carboxylic acids is 2. The third-order valence-electron chi connectivity index (χ3n) is 4.07. The minimum absolute atomic E-state index is 0.0613. The Bertz CT molecular complexity index is 1130. The Hall–Kier alpha value is -2.38. The lowest BCUT2D eigenvalue weighted by molar-refractivity contribution is -0.386. The van der Waals surface area contributed by atoms with E-state index in [4.69, 9.17) is 12.2 Å². The molecule has 29 heavy (non-hydrogen) atoms. The Morgan fingerprint density at radius 2 is 2.00 bits per heavy atom. The predicted molar refractivity (Wildman–Crippen MR) is 123 cm³/mol. The molecule has 1 aliphatic heterocycles. The number of nitrogens with zero attached hydrogens (tertiary/aromatic N) is 2. The van der Waals surface area contributed by atoms with Gasteiger partial charge in [-0.1, -0.05) is 15.9 Å². The molecule has 0 saturated carbocycles. The number of thiocarbonyl (C=S) groups is 1. The number of anilines is 1. The first kappa shape index (κ1) is 21.3. The number of hydrogen-bond donors (Lipinski definition) is 2. The second kappa shape index (κ2) is 8.16. The molecular weight excluding hydrogens is 577 g/mol. The van der Waals surface area contributed by atoms with Gasteiger partial charge in [-0.15, -0.1) is 0 Å². The van der Waals surface area contributed by atoms with Gasteiger partial charge >= 0.3 is 5.69 Å². The van der Waals surface area contributed by atoms with Crippen LogP contribution in [0, 0.1) is 20.6 Å². The number of aromatic hydroxyl groups is 1. The van der Waals surface area contributed by atoms with Gasteiger partial charge in [0.15, 0.2) is 5.11 Å². The van der Waals surface area contributed by atoms with E-state index in [9.17, 15) is 24.8 Å². The van der Waals surface area contributed by atoms with Crippen molar-refractivity contribution in [2.45, 2.75) is 6.92 Å². The maximum Gasteiger partial charge on any atom is 0.312 e. The monoisotopic (exact) mass is 587 g/mol. The lowest BCUT2D eigenvalue weighted by atomic mass is 10.1. The molecule has 148 valence electrons. The van der Waals surface area contributed by atoms with Crippen molar-refractivity contribution in [1.29, 1.82) is 0 Å².